The zero-order chi connectivity index (χ0) is 10.9. The summed E-state index contributed by atoms with van der Waals surface area (Å²) in [6, 6.07) is 3.47. The average molecular weight is 198 g/mol. The van der Waals surface area contributed by atoms with Gasteiger partial charge in [0, 0.05) is 11.3 Å². The van der Waals surface area contributed by atoms with Crippen LogP contribution in [0, 0.1) is 5.82 Å². The van der Waals surface area contributed by atoms with Crippen molar-refractivity contribution in [3.05, 3.63) is 29.6 Å². The first-order valence-corrected chi connectivity index (χ1v) is 3.93. The van der Waals surface area contributed by atoms with Crippen molar-refractivity contribution in [3.8, 4) is 0 Å². The molecule has 5 N–H and O–H groups in total. The highest BCUT2D eigenvalue weighted by Gasteiger charge is 2.32. The van der Waals surface area contributed by atoms with Crippen molar-refractivity contribution in [2.24, 2.45) is 5.73 Å². The topological polar surface area (TPSA) is 89.3 Å². The molecule has 0 aliphatic rings. The molecule has 0 aromatic heterocycles. The van der Waals surface area contributed by atoms with Crippen LogP contribution in [0.25, 0.3) is 0 Å². The predicted molar refractivity (Wildman–Crippen MR) is 50.0 cm³/mol. The summed E-state index contributed by atoms with van der Waals surface area (Å²) in [4.78, 5) is 10.8. The molecule has 1 atom stereocenters. The molecule has 0 fully saturated rings. The van der Waals surface area contributed by atoms with Gasteiger partial charge in [0.1, 0.15) is 11.4 Å². The van der Waals surface area contributed by atoms with E-state index in [1.165, 1.54) is 13.0 Å². The number of halogens is 1. The fraction of sp³-hybridized carbons (Fsp3) is 0.222. The molecule has 0 bridgehead atoms. The van der Waals surface area contributed by atoms with E-state index in [0.717, 1.165) is 12.1 Å². The molecule has 0 heterocycles. The highest BCUT2D eigenvalue weighted by Crippen LogP contribution is 2.24. The minimum Gasteiger partial charge on any atom is -0.480 e. The van der Waals surface area contributed by atoms with Gasteiger partial charge in [-0.2, -0.15) is 0 Å². The van der Waals surface area contributed by atoms with Crippen molar-refractivity contribution in [2.75, 3.05) is 5.73 Å². The Labute approximate surface area is 80.3 Å². The lowest BCUT2D eigenvalue weighted by Gasteiger charge is -2.21. The maximum Gasteiger partial charge on any atom is 0.328 e. The van der Waals surface area contributed by atoms with Gasteiger partial charge in [0.05, 0.1) is 0 Å². The van der Waals surface area contributed by atoms with Crippen molar-refractivity contribution in [1.29, 1.82) is 0 Å². The Kier molecular flexibility index (Phi) is 2.44. The maximum atomic E-state index is 12.8. The largest absolute Gasteiger partial charge is 0.480 e. The van der Waals surface area contributed by atoms with Crippen molar-refractivity contribution in [3.63, 3.8) is 0 Å². The Balaban J connectivity index is 3.31. The third-order valence-corrected chi connectivity index (χ3v) is 2.02. The van der Waals surface area contributed by atoms with Crippen LogP contribution in [0.5, 0.6) is 0 Å². The molecule has 0 saturated carbocycles. The molecule has 4 nitrogen and oxygen atoms in total. The van der Waals surface area contributed by atoms with Gasteiger partial charge in [0.2, 0.25) is 0 Å². The summed E-state index contributed by atoms with van der Waals surface area (Å²) in [7, 11) is 0. The lowest BCUT2D eigenvalue weighted by atomic mass is 9.92. The molecule has 1 unspecified atom stereocenters. The monoisotopic (exact) mass is 198 g/mol. The van der Waals surface area contributed by atoms with Crippen LogP contribution >= 0.6 is 0 Å². The number of hydrogen-bond donors (Lipinski definition) is 3. The first-order valence-electron chi connectivity index (χ1n) is 3.93. The number of carboxylic acids is 1. The fourth-order valence-electron chi connectivity index (χ4n) is 1.09. The van der Waals surface area contributed by atoms with E-state index in [2.05, 4.69) is 0 Å². The standard InChI is InChI=1S/C9H11FN2O2/c1-9(12,8(13)14)6-4-5(10)2-3-7(6)11/h2-4H,11-12H2,1H3,(H,13,14). The fourth-order valence-corrected chi connectivity index (χ4v) is 1.09. The van der Waals surface area contributed by atoms with Crippen LogP contribution in [0.4, 0.5) is 10.1 Å². The lowest BCUT2D eigenvalue weighted by Crippen LogP contribution is -2.42. The Bertz CT molecular complexity index is 377. The van der Waals surface area contributed by atoms with Crippen molar-refractivity contribution >= 4 is 11.7 Å². The summed E-state index contributed by atoms with van der Waals surface area (Å²) in [5.74, 6) is -1.82. The van der Waals surface area contributed by atoms with Crippen LogP contribution in [0.2, 0.25) is 0 Å². The van der Waals surface area contributed by atoms with Crippen molar-refractivity contribution < 1.29 is 14.3 Å². The van der Waals surface area contributed by atoms with Crippen LogP contribution < -0.4 is 11.5 Å². The zero-order valence-electron chi connectivity index (χ0n) is 7.62. The smallest absolute Gasteiger partial charge is 0.328 e. The number of carboxylic acid groups (broad SMARTS) is 1. The Morgan fingerprint density at radius 3 is 2.64 bits per heavy atom. The molecule has 1 aromatic rings. The second-order valence-electron chi connectivity index (χ2n) is 3.24. The molecule has 1 aromatic carbocycles. The third-order valence-electron chi connectivity index (χ3n) is 2.02. The number of aliphatic carboxylic acids is 1. The second kappa shape index (κ2) is 3.26. The van der Waals surface area contributed by atoms with Crippen molar-refractivity contribution in [2.45, 2.75) is 12.5 Å². The van der Waals surface area contributed by atoms with Gasteiger partial charge < -0.3 is 16.6 Å². The molecule has 0 amide bonds. The molecule has 1 rings (SSSR count). The van der Waals surface area contributed by atoms with E-state index in [1.54, 1.807) is 0 Å². The van der Waals surface area contributed by atoms with Gasteiger partial charge in [-0.1, -0.05) is 0 Å². The quantitative estimate of drug-likeness (QED) is 0.609. The van der Waals surface area contributed by atoms with E-state index in [4.69, 9.17) is 16.6 Å². The number of carbonyl (C=O) groups is 1. The second-order valence-corrected chi connectivity index (χ2v) is 3.24. The minimum atomic E-state index is -1.67. The molecule has 0 spiro atoms. The highest BCUT2D eigenvalue weighted by molar-refractivity contribution is 5.82. The third kappa shape index (κ3) is 1.67. The van der Waals surface area contributed by atoms with Crippen LogP contribution in [-0.4, -0.2) is 11.1 Å². The van der Waals surface area contributed by atoms with Gasteiger partial charge in [-0.05, 0) is 25.1 Å². The van der Waals surface area contributed by atoms with Crippen LogP contribution in [0.1, 0.15) is 12.5 Å². The first-order chi connectivity index (χ1) is 6.35. The number of anilines is 1. The summed E-state index contributed by atoms with van der Waals surface area (Å²) < 4.78 is 12.8. The van der Waals surface area contributed by atoms with E-state index in [0.29, 0.717) is 0 Å². The number of rotatable bonds is 2. The Morgan fingerprint density at radius 2 is 2.14 bits per heavy atom. The van der Waals surface area contributed by atoms with E-state index in [1.807, 2.05) is 0 Å². The summed E-state index contributed by atoms with van der Waals surface area (Å²) >= 11 is 0. The molecule has 0 radical (unpaired) electrons. The zero-order valence-corrected chi connectivity index (χ0v) is 7.62. The van der Waals surface area contributed by atoms with Crippen molar-refractivity contribution in [1.82, 2.24) is 0 Å². The summed E-state index contributed by atoms with van der Waals surface area (Å²) in [5, 5.41) is 8.81. The molecule has 0 aliphatic heterocycles. The number of hydrogen-bond acceptors (Lipinski definition) is 3. The average Bonchev–Trinajstić information content (AvgIpc) is 2.08. The van der Waals surface area contributed by atoms with Gasteiger partial charge in [0.15, 0.2) is 0 Å². The van der Waals surface area contributed by atoms with Crippen LogP contribution in [0.3, 0.4) is 0 Å². The van der Waals surface area contributed by atoms with Gasteiger partial charge >= 0.3 is 5.97 Å². The van der Waals surface area contributed by atoms with Gasteiger partial charge in [-0.25, -0.2) is 9.18 Å². The maximum absolute atomic E-state index is 12.8. The SMILES string of the molecule is CC(N)(C(=O)O)c1cc(F)ccc1N. The minimum absolute atomic E-state index is 0.0741. The van der Waals surface area contributed by atoms with Gasteiger partial charge in [-0.3, -0.25) is 0 Å². The van der Waals surface area contributed by atoms with E-state index in [9.17, 15) is 9.18 Å². The summed E-state index contributed by atoms with van der Waals surface area (Å²) in [5.41, 5.74) is 9.57. The lowest BCUT2D eigenvalue weighted by molar-refractivity contribution is -0.143. The molecular weight excluding hydrogens is 187 g/mol. The normalized spacial score (nSPS) is 14.8. The molecule has 5 heteroatoms. The van der Waals surface area contributed by atoms with Gasteiger partial charge in [0.25, 0.3) is 0 Å². The summed E-state index contributed by atoms with van der Waals surface area (Å²) in [6.07, 6.45) is 0. The molecule has 0 aliphatic carbocycles. The number of nitrogens with two attached hydrogens (primary N) is 2. The predicted octanol–water partition coefficient (Wildman–Crippen LogP) is 0.666. The molecule has 0 saturated heterocycles. The van der Waals surface area contributed by atoms with Gasteiger partial charge in [-0.15, -0.1) is 0 Å². The van der Waals surface area contributed by atoms with E-state index in [-0.39, 0.29) is 11.3 Å². The highest BCUT2D eigenvalue weighted by atomic mass is 19.1. The summed E-state index contributed by atoms with van der Waals surface area (Å²) in [6.45, 7) is 1.26. The first kappa shape index (κ1) is 10.5. The molecular formula is C9H11FN2O2. The van der Waals surface area contributed by atoms with E-state index >= 15 is 0 Å². The number of benzene rings is 1. The Morgan fingerprint density at radius 1 is 1.57 bits per heavy atom. The van der Waals surface area contributed by atoms with Crippen LogP contribution in [-0.2, 0) is 10.3 Å². The number of nitrogen functional groups attached to an aromatic ring is 1. The molecule has 76 valence electrons. The van der Waals surface area contributed by atoms with E-state index < -0.39 is 17.3 Å². The van der Waals surface area contributed by atoms with Crippen LogP contribution in [0.15, 0.2) is 18.2 Å². The molecule has 14 heavy (non-hydrogen) atoms. The Hall–Kier alpha value is -1.62.